The smallest absolute Gasteiger partial charge is 0.408 e. The van der Waals surface area contributed by atoms with Gasteiger partial charge >= 0.3 is 6.09 Å². The first-order valence-corrected chi connectivity index (χ1v) is 7.88. The minimum absolute atomic E-state index is 0.0264. The number of hydrogen-bond acceptors (Lipinski definition) is 3. The summed E-state index contributed by atoms with van der Waals surface area (Å²) in [6.07, 6.45) is 6.11. The summed E-state index contributed by atoms with van der Waals surface area (Å²) in [4.78, 5) is 26.5. The lowest BCUT2D eigenvalue weighted by Gasteiger charge is -2.22. The molecule has 0 saturated carbocycles. The first-order valence-electron chi connectivity index (χ1n) is 7.88. The third kappa shape index (κ3) is 4.87. The summed E-state index contributed by atoms with van der Waals surface area (Å²) in [6.45, 7) is 8.00. The van der Waals surface area contributed by atoms with Crippen molar-refractivity contribution in [1.82, 2.24) is 15.6 Å². The highest BCUT2D eigenvalue weighted by atomic mass is 16.6. The number of carbonyl (C=O) groups is 2. The highest BCUT2D eigenvalue weighted by Crippen LogP contribution is 2.25. The number of aromatic amines is 1. The van der Waals surface area contributed by atoms with Gasteiger partial charge in [-0.3, -0.25) is 4.79 Å². The monoisotopic (exact) mass is 319 g/mol. The van der Waals surface area contributed by atoms with Crippen molar-refractivity contribution in [3.8, 4) is 0 Å². The van der Waals surface area contributed by atoms with Crippen molar-refractivity contribution >= 4 is 12.0 Å². The average molecular weight is 319 g/mol. The molecule has 6 heteroatoms. The maximum Gasteiger partial charge on any atom is 0.408 e. The molecule has 0 aromatic carbocycles. The molecule has 0 bridgehead atoms. The van der Waals surface area contributed by atoms with Gasteiger partial charge in [-0.1, -0.05) is 12.2 Å². The van der Waals surface area contributed by atoms with Crippen LogP contribution in [0.1, 0.15) is 56.1 Å². The van der Waals surface area contributed by atoms with Gasteiger partial charge in [-0.2, -0.15) is 0 Å². The molecule has 23 heavy (non-hydrogen) atoms. The van der Waals surface area contributed by atoms with E-state index in [0.29, 0.717) is 6.54 Å². The van der Waals surface area contributed by atoms with Crippen LogP contribution >= 0.6 is 0 Å². The number of fused-ring (bicyclic) bond motifs is 1. The highest BCUT2D eigenvalue weighted by Gasteiger charge is 2.25. The van der Waals surface area contributed by atoms with Crippen LogP contribution in [0.5, 0.6) is 0 Å². The third-order valence-electron chi connectivity index (χ3n) is 3.53. The number of aromatic nitrogens is 1. The summed E-state index contributed by atoms with van der Waals surface area (Å²) < 4.78 is 5.22. The van der Waals surface area contributed by atoms with Gasteiger partial charge in [0.1, 0.15) is 5.60 Å². The Morgan fingerprint density at radius 1 is 1.52 bits per heavy atom. The topological polar surface area (TPSA) is 83.2 Å². The van der Waals surface area contributed by atoms with Crippen LogP contribution in [0.25, 0.3) is 0 Å². The van der Waals surface area contributed by atoms with Gasteiger partial charge in [-0.15, -0.1) is 0 Å². The van der Waals surface area contributed by atoms with Crippen molar-refractivity contribution in [2.75, 3.05) is 6.54 Å². The lowest BCUT2D eigenvalue weighted by molar-refractivity contribution is 0.0517. The van der Waals surface area contributed by atoms with E-state index in [-0.39, 0.29) is 17.9 Å². The van der Waals surface area contributed by atoms with Gasteiger partial charge in [-0.25, -0.2) is 4.79 Å². The molecule has 2 amide bonds. The van der Waals surface area contributed by atoms with Crippen molar-refractivity contribution in [3.63, 3.8) is 0 Å². The summed E-state index contributed by atoms with van der Waals surface area (Å²) in [5, 5.41) is 5.66. The van der Waals surface area contributed by atoms with Gasteiger partial charge in [0.25, 0.3) is 5.91 Å². The largest absolute Gasteiger partial charge is 0.444 e. The Hall–Kier alpha value is -2.24. The maximum atomic E-state index is 11.7. The second kappa shape index (κ2) is 6.89. The number of ether oxygens (including phenoxy) is 1. The number of alkyl carbamates (subject to hydrolysis) is 1. The fraction of sp³-hybridized carbons (Fsp3) is 0.529. The molecule has 2 atom stereocenters. The number of allylic oxidation sites excluding steroid dienone is 1. The molecule has 2 rings (SSSR count). The second-order valence-electron chi connectivity index (χ2n) is 6.81. The number of amides is 2. The maximum absolute atomic E-state index is 11.7. The molecule has 6 nitrogen and oxygen atoms in total. The van der Waals surface area contributed by atoms with Crippen LogP contribution < -0.4 is 10.6 Å². The van der Waals surface area contributed by atoms with Gasteiger partial charge in [0.2, 0.25) is 0 Å². The third-order valence-corrected chi connectivity index (χ3v) is 3.53. The Labute approximate surface area is 136 Å². The molecule has 0 unspecified atom stereocenters. The molecule has 1 aromatic heterocycles. The molecule has 0 fully saturated rings. The molecule has 1 aliphatic rings. The molecule has 3 N–H and O–H groups in total. The number of nitrogens with one attached hydrogen (secondary N) is 3. The van der Waals surface area contributed by atoms with Gasteiger partial charge < -0.3 is 20.4 Å². The standard InChI is InChI=1S/C17H25N3O3/c1-11(20-16(22)23-17(2,3)4)6-5-7-12-10-19-15(21)13-8-9-18-14(12)13/h5-6,8-9,11-12,18H,7,10H2,1-4H3,(H,19,21)(H,20,22)/b6-5-/t11-,12+/m1/s1. The highest BCUT2D eigenvalue weighted by molar-refractivity contribution is 5.96. The van der Waals surface area contributed by atoms with E-state index < -0.39 is 11.7 Å². The second-order valence-corrected chi connectivity index (χ2v) is 6.81. The van der Waals surface area contributed by atoms with E-state index in [2.05, 4.69) is 15.6 Å². The van der Waals surface area contributed by atoms with Crippen LogP contribution in [-0.2, 0) is 4.74 Å². The molecule has 0 saturated heterocycles. The fourth-order valence-corrected chi connectivity index (χ4v) is 2.52. The van der Waals surface area contributed by atoms with Gasteiger partial charge in [0.15, 0.2) is 0 Å². The Morgan fingerprint density at radius 3 is 2.96 bits per heavy atom. The molecule has 2 heterocycles. The number of hydrogen-bond donors (Lipinski definition) is 3. The van der Waals surface area contributed by atoms with E-state index in [1.54, 1.807) is 12.3 Å². The minimum atomic E-state index is -0.502. The van der Waals surface area contributed by atoms with E-state index in [1.165, 1.54) is 0 Å². The quantitative estimate of drug-likeness (QED) is 0.746. The fourth-order valence-electron chi connectivity index (χ4n) is 2.52. The van der Waals surface area contributed by atoms with Crippen molar-refractivity contribution in [2.45, 2.75) is 51.7 Å². The van der Waals surface area contributed by atoms with Crippen molar-refractivity contribution in [1.29, 1.82) is 0 Å². The van der Waals surface area contributed by atoms with E-state index in [9.17, 15) is 9.59 Å². The summed E-state index contributed by atoms with van der Waals surface area (Å²) in [6, 6.07) is 1.68. The van der Waals surface area contributed by atoms with Crippen LogP contribution in [0.3, 0.4) is 0 Å². The van der Waals surface area contributed by atoms with E-state index in [1.807, 2.05) is 39.8 Å². The normalized spacial score (nSPS) is 19.1. The van der Waals surface area contributed by atoms with Crippen molar-refractivity contribution in [2.24, 2.45) is 0 Å². The summed E-state index contributed by atoms with van der Waals surface area (Å²) in [7, 11) is 0. The molecular formula is C17H25N3O3. The lowest BCUT2D eigenvalue weighted by atomic mass is 9.94. The molecule has 0 aliphatic carbocycles. The van der Waals surface area contributed by atoms with Crippen LogP contribution in [0.15, 0.2) is 24.4 Å². The Bertz CT molecular complexity index is 598. The van der Waals surface area contributed by atoms with E-state index in [0.717, 1.165) is 17.7 Å². The van der Waals surface area contributed by atoms with Crippen LogP contribution in [0, 0.1) is 0 Å². The summed E-state index contributed by atoms with van der Waals surface area (Å²) in [5.41, 5.74) is 1.19. The molecular weight excluding hydrogens is 294 g/mol. The SMILES string of the molecule is C[C@H](/C=C\C[C@H]1CNC(=O)c2cc[nH]c21)NC(=O)OC(C)(C)C. The predicted molar refractivity (Wildman–Crippen MR) is 88.5 cm³/mol. The molecule has 1 aromatic rings. The van der Waals surface area contributed by atoms with Crippen molar-refractivity contribution < 1.29 is 14.3 Å². The zero-order chi connectivity index (χ0) is 17.0. The van der Waals surface area contributed by atoms with Gasteiger partial charge in [0, 0.05) is 30.4 Å². The summed E-state index contributed by atoms with van der Waals surface area (Å²) in [5.74, 6) is 0.198. The van der Waals surface area contributed by atoms with Gasteiger partial charge in [-0.05, 0) is 40.2 Å². The molecule has 0 radical (unpaired) electrons. The van der Waals surface area contributed by atoms with Crippen LogP contribution in [0.4, 0.5) is 4.79 Å². The predicted octanol–water partition coefficient (Wildman–Crippen LogP) is 2.70. The number of rotatable bonds is 4. The van der Waals surface area contributed by atoms with Crippen molar-refractivity contribution in [3.05, 3.63) is 35.7 Å². The van der Waals surface area contributed by atoms with Crippen LogP contribution in [-0.4, -0.2) is 35.2 Å². The zero-order valence-electron chi connectivity index (χ0n) is 14.1. The van der Waals surface area contributed by atoms with E-state index in [4.69, 9.17) is 4.74 Å². The van der Waals surface area contributed by atoms with Gasteiger partial charge in [0.05, 0.1) is 5.56 Å². The Kier molecular flexibility index (Phi) is 5.13. The van der Waals surface area contributed by atoms with Crippen LogP contribution in [0.2, 0.25) is 0 Å². The van der Waals surface area contributed by atoms with E-state index >= 15 is 0 Å². The number of carbonyl (C=O) groups excluding carboxylic acids is 2. The number of H-pyrrole nitrogens is 1. The first-order chi connectivity index (χ1) is 10.8. The molecule has 126 valence electrons. The minimum Gasteiger partial charge on any atom is -0.444 e. The average Bonchev–Trinajstić information content (AvgIpc) is 2.89. The molecule has 0 spiro atoms. The Balaban J connectivity index is 1.84. The molecule has 1 aliphatic heterocycles. The first kappa shape index (κ1) is 17.1. The lowest BCUT2D eigenvalue weighted by Crippen LogP contribution is -2.36. The Morgan fingerprint density at radius 2 is 2.26 bits per heavy atom. The summed E-state index contributed by atoms with van der Waals surface area (Å²) >= 11 is 0. The zero-order valence-corrected chi connectivity index (χ0v) is 14.1.